The summed E-state index contributed by atoms with van der Waals surface area (Å²) in [5.41, 5.74) is 2.88. The second kappa shape index (κ2) is 2.87. The molecule has 2 aromatic rings. The normalized spacial score (nSPS) is 11.0. The van der Waals surface area contributed by atoms with E-state index in [0.717, 1.165) is 17.3 Å². The van der Waals surface area contributed by atoms with Gasteiger partial charge in [-0.3, -0.25) is 0 Å². The molecule has 0 atom stereocenters. The highest BCUT2D eigenvalue weighted by Gasteiger charge is 2.06. The fourth-order valence-electron chi connectivity index (χ4n) is 1.67. The Labute approximate surface area is 76.6 Å². The van der Waals surface area contributed by atoms with Crippen molar-refractivity contribution in [2.75, 3.05) is 0 Å². The van der Waals surface area contributed by atoms with Gasteiger partial charge in [0.25, 0.3) is 0 Å². The van der Waals surface area contributed by atoms with Crippen molar-refractivity contribution >= 4 is 10.9 Å². The SMILES string of the molecule is CCc1c[nH]c2c(C)c(F)ccc12. The van der Waals surface area contributed by atoms with Crippen LogP contribution in [-0.4, -0.2) is 4.98 Å². The predicted octanol–water partition coefficient (Wildman–Crippen LogP) is 3.18. The average molecular weight is 177 g/mol. The zero-order valence-corrected chi connectivity index (χ0v) is 7.82. The van der Waals surface area contributed by atoms with Crippen LogP contribution in [-0.2, 0) is 6.42 Å². The molecule has 13 heavy (non-hydrogen) atoms. The first-order valence-corrected chi connectivity index (χ1v) is 4.49. The molecular weight excluding hydrogens is 165 g/mol. The second-order valence-electron chi connectivity index (χ2n) is 3.26. The summed E-state index contributed by atoms with van der Waals surface area (Å²) in [4.78, 5) is 3.11. The number of aryl methyl sites for hydroxylation is 2. The number of nitrogens with one attached hydrogen (secondary N) is 1. The standard InChI is InChI=1S/C11H12FN/c1-3-8-6-13-11-7(2)10(12)5-4-9(8)11/h4-6,13H,3H2,1-2H3. The van der Waals surface area contributed by atoms with Crippen molar-refractivity contribution in [2.45, 2.75) is 20.3 Å². The molecule has 0 unspecified atom stereocenters. The first-order chi connectivity index (χ1) is 6.24. The molecule has 0 bridgehead atoms. The molecule has 1 aromatic heterocycles. The van der Waals surface area contributed by atoms with Crippen molar-refractivity contribution in [3.63, 3.8) is 0 Å². The molecule has 1 nitrogen and oxygen atoms in total. The molecular formula is C11H12FN. The number of aromatic amines is 1. The topological polar surface area (TPSA) is 15.8 Å². The molecule has 0 saturated heterocycles. The highest BCUT2D eigenvalue weighted by molar-refractivity contribution is 5.85. The summed E-state index contributed by atoms with van der Waals surface area (Å²) in [5, 5.41) is 1.14. The van der Waals surface area contributed by atoms with Crippen LogP contribution in [0.3, 0.4) is 0 Å². The van der Waals surface area contributed by atoms with Gasteiger partial charge >= 0.3 is 0 Å². The number of fused-ring (bicyclic) bond motifs is 1. The van der Waals surface area contributed by atoms with Crippen LogP contribution in [0.15, 0.2) is 18.3 Å². The zero-order valence-electron chi connectivity index (χ0n) is 7.82. The molecule has 0 spiro atoms. The first-order valence-electron chi connectivity index (χ1n) is 4.49. The van der Waals surface area contributed by atoms with E-state index in [1.54, 1.807) is 6.92 Å². The number of rotatable bonds is 1. The minimum atomic E-state index is -0.142. The summed E-state index contributed by atoms with van der Waals surface area (Å²) in [5.74, 6) is -0.142. The van der Waals surface area contributed by atoms with Crippen molar-refractivity contribution in [3.8, 4) is 0 Å². The van der Waals surface area contributed by atoms with Gasteiger partial charge in [0.1, 0.15) is 5.82 Å². The maximum atomic E-state index is 13.1. The van der Waals surface area contributed by atoms with Gasteiger partial charge in [0.15, 0.2) is 0 Å². The van der Waals surface area contributed by atoms with Crippen LogP contribution >= 0.6 is 0 Å². The van der Waals surface area contributed by atoms with Gasteiger partial charge < -0.3 is 4.98 Å². The van der Waals surface area contributed by atoms with Gasteiger partial charge in [0.2, 0.25) is 0 Å². The molecule has 0 amide bonds. The van der Waals surface area contributed by atoms with E-state index in [0.29, 0.717) is 5.56 Å². The number of aromatic nitrogens is 1. The minimum absolute atomic E-state index is 0.142. The predicted molar refractivity (Wildman–Crippen MR) is 52.4 cm³/mol. The summed E-state index contributed by atoms with van der Waals surface area (Å²) in [7, 11) is 0. The van der Waals surface area contributed by atoms with E-state index in [4.69, 9.17) is 0 Å². The largest absolute Gasteiger partial charge is 0.361 e. The Morgan fingerprint density at radius 3 is 2.85 bits per heavy atom. The van der Waals surface area contributed by atoms with Crippen molar-refractivity contribution < 1.29 is 4.39 Å². The zero-order chi connectivity index (χ0) is 9.42. The summed E-state index contributed by atoms with van der Waals surface area (Å²) < 4.78 is 13.1. The fourth-order valence-corrected chi connectivity index (χ4v) is 1.67. The van der Waals surface area contributed by atoms with Gasteiger partial charge in [-0.1, -0.05) is 6.92 Å². The summed E-state index contributed by atoms with van der Waals surface area (Å²) in [6.45, 7) is 3.90. The highest BCUT2D eigenvalue weighted by atomic mass is 19.1. The molecule has 68 valence electrons. The lowest BCUT2D eigenvalue weighted by molar-refractivity contribution is 0.620. The lowest BCUT2D eigenvalue weighted by atomic mass is 10.1. The lowest BCUT2D eigenvalue weighted by Gasteiger charge is -1.98. The Morgan fingerprint density at radius 1 is 1.38 bits per heavy atom. The summed E-state index contributed by atoms with van der Waals surface area (Å²) in [6.07, 6.45) is 2.93. The first kappa shape index (κ1) is 8.30. The maximum Gasteiger partial charge on any atom is 0.128 e. The van der Waals surface area contributed by atoms with Crippen molar-refractivity contribution in [1.82, 2.24) is 4.98 Å². The molecule has 0 radical (unpaired) electrons. The molecule has 1 aromatic carbocycles. The van der Waals surface area contributed by atoms with Crippen LogP contribution in [0.1, 0.15) is 18.1 Å². The van der Waals surface area contributed by atoms with E-state index in [9.17, 15) is 4.39 Å². The van der Waals surface area contributed by atoms with Gasteiger partial charge in [-0.25, -0.2) is 4.39 Å². The van der Waals surface area contributed by atoms with Crippen LogP contribution in [0.5, 0.6) is 0 Å². The van der Waals surface area contributed by atoms with Crippen LogP contribution in [0.2, 0.25) is 0 Å². The summed E-state index contributed by atoms with van der Waals surface area (Å²) >= 11 is 0. The number of benzene rings is 1. The fraction of sp³-hybridized carbons (Fsp3) is 0.273. The molecule has 0 aliphatic heterocycles. The number of hydrogen-bond donors (Lipinski definition) is 1. The Kier molecular flexibility index (Phi) is 1.83. The monoisotopic (exact) mass is 177 g/mol. The molecule has 0 aliphatic carbocycles. The van der Waals surface area contributed by atoms with Crippen LogP contribution < -0.4 is 0 Å². The Bertz CT molecular complexity index is 443. The van der Waals surface area contributed by atoms with Gasteiger partial charge in [-0.15, -0.1) is 0 Å². The highest BCUT2D eigenvalue weighted by Crippen LogP contribution is 2.23. The van der Waals surface area contributed by atoms with E-state index < -0.39 is 0 Å². The van der Waals surface area contributed by atoms with Gasteiger partial charge in [0.05, 0.1) is 5.52 Å². The van der Waals surface area contributed by atoms with Gasteiger partial charge in [-0.2, -0.15) is 0 Å². The summed E-state index contributed by atoms with van der Waals surface area (Å²) in [6, 6.07) is 3.37. The molecule has 2 rings (SSSR count). The van der Waals surface area contributed by atoms with E-state index in [1.165, 1.54) is 11.6 Å². The van der Waals surface area contributed by atoms with E-state index in [2.05, 4.69) is 11.9 Å². The second-order valence-corrected chi connectivity index (χ2v) is 3.26. The lowest BCUT2D eigenvalue weighted by Crippen LogP contribution is -1.83. The van der Waals surface area contributed by atoms with E-state index >= 15 is 0 Å². The third-order valence-electron chi connectivity index (χ3n) is 2.52. The number of halogens is 1. The van der Waals surface area contributed by atoms with Crippen molar-refractivity contribution in [2.24, 2.45) is 0 Å². The Morgan fingerprint density at radius 2 is 2.15 bits per heavy atom. The minimum Gasteiger partial charge on any atom is -0.361 e. The molecule has 2 heteroatoms. The molecule has 0 fully saturated rings. The van der Waals surface area contributed by atoms with Crippen LogP contribution in [0.4, 0.5) is 4.39 Å². The third-order valence-corrected chi connectivity index (χ3v) is 2.52. The van der Waals surface area contributed by atoms with E-state index in [1.807, 2.05) is 12.3 Å². The number of H-pyrrole nitrogens is 1. The Balaban J connectivity index is 2.81. The Hall–Kier alpha value is -1.31. The van der Waals surface area contributed by atoms with Crippen LogP contribution in [0.25, 0.3) is 10.9 Å². The molecule has 1 heterocycles. The van der Waals surface area contributed by atoms with Crippen molar-refractivity contribution in [3.05, 3.63) is 35.3 Å². The molecule has 1 N–H and O–H groups in total. The maximum absolute atomic E-state index is 13.1. The van der Waals surface area contributed by atoms with Gasteiger partial charge in [-0.05, 0) is 31.0 Å². The molecule has 0 aliphatic rings. The number of hydrogen-bond acceptors (Lipinski definition) is 0. The third kappa shape index (κ3) is 1.13. The van der Waals surface area contributed by atoms with Crippen LogP contribution in [0, 0.1) is 12.7 Å². The average Bonchev–Trinajstić information content (AvgIpc) is 2.55. The quantitative estimate of drug-likeness (QED) is 0.688. The van der Waals surface area contributed by atoms with Crippen molar-refractivity contribution in [1.29, 1.82) is 0 Å². The smallest absolute Gasteiger partial charge is 0.128 e. The molecule has 0 saturated carbocycles. The van der Waals surface area contributed by atoms with Gasteiger partial charge in [0, 0.05) is 17.1 Å². The van der Waals surface area contributed by atoms with E-state index in [-0.39, 0.29) is 5.82 Å².